The van der Waals surface area contributed by atoms with Crippen LogP contribution in [0, 0.1) is 0 Å². The maximum absolute atomic E-state index is 13.2. The molecule has 0 saturated heterocycles. The molecule has 35 heavy (non-hydrogen) atoms. The lowest BCUT2D eigenvalue weighted by atomic mass is 10.2. The average molecular weight is 499 g/mol. The molecule has 0 spiro atoms. The number of benzene rings is 3. The van der Waals surface area contributed by atoms with Gasteiger partial charge in [-0.15, -0.1) is 0 Å². The molecule has 10 heteroatoms. The SMILES string of the molecule is CNC(=O)c1ccc(NC(=O)CSc2nc3cc(C(F)(F)F)ccc3n2Cc2ccccc2)cc1. The minimum Gasteiger partial charge on any atom is -0.355 e. The number of aromatic nitrogens is 2. The lowest BCUT2D eigenvalue weighted by molar-refractivity contribution is -0.137. The fourth-order valence-corrected chi connectivity index (χ4v) is 4.30. The molecule has 0 fully saturated rings. The Morgan fingerprint density at radius 2 is 1.71 bits per heavy atom. The van der Waals surface area contributed by atoms with E-state index in [4.69, 9.17) is 0 Å². The van der Waals surface area contributed by atoms with Crippen LogP contribution in [0.5, 0.6) is 0 Å². The van der Waals surface area contributed by atoms with Crippen molar-refractivity contribution in [2.24, 2.45) is 0 Å². The van der Waals surface area contributed by atoms with E-state index < -0.39 is 11.7 Å². The Morgan fingerprint density at radius 3 is 2.37 bits per heavy atom. The van der Waals surface area contributed by atoms with Gasteiger partial charge in [-0.25, -0.2) is 4.98 Å². The third-order valence-corrected chi connectivity index (χ3v) is 6.19. The van der Waals surface area contributed by atoms with E-state index in [0.717, 1.165) is 29.5 Å². The predicted molar refractivity (Wildman–Crippen MR) is 129 cm³/mol. The van der Waals surface area contributed by atoms with E-state index in [-0.39, 0.29) is 23.1 Å². The number of alkyl halides is 3. The van der Waals surface area contributed by atoms with Gasteiger partial charge in [0.25, 0.3) is 5.91 Å². The van der Waals surface area contributed by atoms with Crippen LogP contribution in [0.3, 0.4) is 0 Å². The predicted octanol–water partition coefficient (Wildman–Crippen LogP) is 5.19. The van der Waals surface area contributed by atoms with Crippen molar-refractivity contribution in [2.45, 2.75) is 17.9 Å². The summed E-state index contributed by atoms with van der Waals surface area (Å²) in [6.45, 7) is 0.396. The highest BCUT2D eigenvalue weighted by molar-refractivity contribution is 7.99. The van der Waals surface area contributed by atoms with Gasteiger partial charge in [-0.3, -0.25) is 9.59 Å². The second-order valence-corrected chi connectivity index (χ2v) is 8.60. The minimum atomic E-state index is -4.47. The number of hydrogen-bond donors (Lipinski definition) is 2. The quantitative estimate of drug-likeness (QED) is 0.344. The summed E-state index contributed by atoms with van der Waals surface area (Å²) in [6, 6.07) is 19.4. The van der Waals surface area contributed by atoms with Crippen molar-refractivity contribution in [2.75, 3.05) is 18.1 Å². The second-order valence-electron chi connectivity index (χ2n) is 7.66. The molecule has 0 unspecified atom stereocenters. The topological polar surface area (TPSA) is 76.0 Å². The monoisotopic (exact) mass is 498 g/mol. The van der Waals surface area contributed by atoms with Crippen molar-refractivity contribution in [1.29, 1.82) is 0 Å². The van der Waals surface area contributed by atoms with Gasteiger partial charge in [-0.2, -0.15) is 13.2 Å². The van der Waals surface area contributed by atoms with Gasteiger partial charge in [-0.1, -0.05) is 42.1 Å². The molecule has 1 aromatic heterocycles. The molecule has 4 rings (SSSR count). The first-order chi connectivity index (χ1) is 16.7. The van der Waals surface area contributed by atoms with E-state index in [0.29, 0.717) is 28.5 Å². The summed E-state index contributed by atoms with van der Waals surface area (Å²) in [7, 11) is 1.53. The molecule has 0 aliphatic carbocycles. The van der Waals surface area contributed by atoms with Crippen LogP contribution in [0.1, 0.15) is 21.5 Å². The molecular weight excluding hydrogens is 477 g/mol. The number of carbonyl (C=O) groups is 2. The van der Waals surface area contributed by atoms with Gasteiger partial charge in [0.1, 0.15) is 0 Å². The first-order valence-corrected chi connectivity index (χ1v) is 11.6. The highest BCUT2D eigenvalue weighted by Gasteiger charge is 2.31. The van der Waals surface area contributed by atoms with Crippen molar-refractivity contribution in [3.8, 4) is 0 Å². The second kappa shape index (κ2) is 10.2. The zero-order valence-corrected chi connectivity index (χ0v) is 19.4. The van der Waals surface area contributed by atoms with Crippen LogP contribution in [-0.2, 0) is 17.5 Å². The summed E-state index contributed by atoms with van der Waals surface area (Å²) in [4.78, 5) is 28.6. The molecule has 180 valence electrons. The number of halogens is 3. The summed E-state index contributed by atoms with van der Waals surface area (Å²) in [6.07, 6.45) is -4.47. The fraction of sp³-hybridized carbons (Fsp3) is 0.160. The fourth-order valence-electron chi connectivity index (χ4n) is 3.49. The number of imidazole rings is 1. The number of thioether (sulfide) groups is 1. The number of nitrogens with zero attached hydrogens (tertiary/aromatic N) is 2. The molecule has 0 aliphatic rings. The van der Waals surface area contributed by atoms with Gasteiger partial charge in [0.15, 0.2) is 5.16 Å². The third kappa shape index (κ3) is 5.83. The van der Waals surface area contributed by atoms with Crippen molar-refractivity contribution in [3.05, 3.63) is 89.5 Å². The standard InChI is InChI=1S/C25H21F3N4O2S/c1-29-23(34)17-7-10-19(11-8-17)30-22(33)15-35-24-31-20-13-18(25(26,27)28)9-12-21(20)32(24)14-16-5-3-2-4-6-16/h2-13H,14-15H2,1H3,(H,29,34)(H,30,33). The number of rotatable bonds is 7. The van der Waals surface area contributed by atoms with E-state index in [1.54, 1.807) is 28.8 Å². The summed E-state index contributed by atoms with van der Waals surface area (Å²) < 4.78 is 41.4. The number of nitrogens with one attached hydrogen (secondary N) is 2. The van der Waals surface area contributed by atoms with Gasteiger partial charge in [0.2, 0.25) is 5.91 Å². The molecule has 4 aromatic rings. The number of fused-ring (bicyclic) bond motifs is 1. The van der Waals surface area contributed by atoms with Crippen molar-refractivity contribution >= 4 is 40.3 Å². The molecule has 0 bridgehead atoms. The number of carbonyl (C=O) groups excluding carboxylic acids is 2. The molecular formula is C25H21F3N4O2S. The Balaban J connectivity index is 1.54. The normalized spacial score (nSPS) is 11.4. The van der Waals surface area contributed by atoms with Crippen LogP contribution in [0.25, 0.3) is 11.0 Å². The first kappa shape index (κ1) is 24.3. The summed E-state index contributed by atoms with van der Waals surface area (Å²) in [5.41, 5.74) is 1.93. The maximum atomic E-state index is 13.2. The maximum Gasteiger partial charge on any atom is 0.416 e. The molecule has 0 saturated carbocycles. The summed E-state index contributed by atoms with van der Waals surface area (Å²) >= 11 is 1.14. The van der Waals surface area contributed by atoms with Gasteiger partial charge in [0.05, 0.1) is 28.9 Å². The summed E-state index contributed by atoms with van der Waals surface area (Å²) in [5.74, 6) is -0.539. The first-order valence-electron chi connectivity index (χ1n) is 10.6. The van der Waals surface area contributed by atoms with Gasteiger partial charge in [0, 0.05) is 18.3 Å². The average Bonchev–Trinajstić information content (AvgIpc) is 3.19. The molecule has 1 heterocycles. The Morgan fingerprint density at radius 1 is 1.00 bits per heavy atom. The van der Waals surface area contributed by atoms with E-state index in [1.807, 2.05) is 30.3 Å². The van der Waals surface area contributed by atoms with Crippen molar-refractivity contribution < 1.29 is 22.8 Å². The van der Waals surface area contributed by atoms with Crippen LogP contribution in [0.15, 0.2) is 78.0 Å². The molecule has 3 aromatic carbocycles. The molecule has 0 aliphatic heterocycles. The number of anilines is 1. The smallest absolute Gasteiger partial charge is 0.355 e. The summed E-state index contributed by atoms with van der Waals surface area (Å²) in [5, 5.41) is 5.71. The van der Waals surface area contributed by atoms with E-state index in [2.05, 4.69) is 15.6 Å². The van der Waals surface area contributed by atoms with Gasteiger partial charge in [-0.05, 0) is 48.0 Å². The minimum absolute atomic E-state index is 0.00143. The van der Waals surface area contributed by atoms with Crippen LogP contribution >= 0.6 is 11.8 Å². The highest BCUT2D eigenvalue weighted by Crippen LogP contribution is 2.33. The largest absolute Gasteiger partial charge is 0.416 e. The lowest BCUT2D eigenvalue weighted by Crippen LogP contribution is -2.18. The Kier molecular flexibility index (Phi) is 7.11. The Hall–Kier alpha value is -3.79. The van der Waals surface area contributed by atoms with Gasteiger partial charge >= 0.3 is 6.18 Å². The molecule has 0 atom stereocenters. The molecule has 2 N–H and O–H groups in total. The zero-order chi connectivity index (χ0) is 25.0. The Bertz CT molecular complexity index is 1350. The third-order valence-electron chi connectivity index (χ3n) is 5.21. The lowest BCUT2D eigenvalue weighted by Gasteiger charge is -2.10. The molecule has 6 nitrogen and oxygen atoms in total. The number of hydrogen-bond acceptors (Lipinski definition) is 4. The number of amides is 2. The van der Waals surface area contributed by atoms with E-state index in [9.17, 15) is 22.8 Å². The van der Waals surface area contributed by atoms with E-state index in [1.165, 1.54) is 13.1 Å². The van der Waals surface area contributed by atoms with Gasteiger partial charge < -0.3 is 15.2 Å². The molecule has 0 radical (unpaired) electrons. The highest BCUT2D eigenvalue weighted by atomic mass is 32.2. The van der Waals surface area contributed by atoms with Crippen LogP contribution in [0.2, 0.25) is 0 Å². The van der Waals surface area contributed by atoms with Crippen LogP contribution < -0.4 is 10.6 Å². The van der Waals surface area contributed by atoms with Crippen molar-refractivity contribution in [3.63, 3.8) is 0 Å². The van der Waals surface area contributed by atoms with E-state index >= 15 is 0 Å². The molecule has 2 amide bonds. The van der Waals surface area contributed by atoms with Crippen LogP contribution in [0.4, 0.5) is 18.9 Å². The van der Waals surface area contributed by atoms with Crippen LogP contribution in [-0.4, -0.2) is 34.2 Å². The van der Waals surface area contributed by atoms with Crippen molar-refractivity contribution in [1.82, 2.24) is 14.9 Å². The zero-order valence-electron chi connectivity index (χ0n) is 18.6. The Labute approximate surface area is 203 Å².